The monoisotopic (exact) mass is 250 g/mol. The Kier molecular flexibility index (Phi) is 3.01. The molecular formula is C13H18N2O3. The first-order chi connectivity index (χ1) is 8.75. The first kappa shape index (κ1) is 11.6. The number of ether oxygens (including phenoxy) is 2. The fourth-order valence-corrected chi connectivity index (χ4v) is 2.44. The summed E-state index contributed by atoms with van der Waals surface area (Å²) >= 11 is 0. The van der Waals surface area contributed by atoms with E-state index < -0.39 is 0 Å². The van der Waals surface area contributed by atoms with Gasteiger partial charge < -0.3 is 19.6 Å². The lowest BCUT2D eigenvalue weighted by Gasteiger charge is -2.35. The number of rotatable bonds is 1. The Morgan fingerprint density at radius 3 is 2.39 bits per heavy atom. The lowest BCUT2D eigenvalue weighted by atomic mass is 10.1. The van der Waals surface area contributed by atoms with Gasteiger partial charge in [0.15, 0.2) is 11.5 Å². The number of hydroxylamine groups is 2. The van der Waals surface area contributed by atoms with E-state index in [9.17, 15) is 5.21 Å². The first-order valence-electron chi connectivity index (χ1n) is 6.33. The van der Waals surface area contributed by atoms with Gasteiger partial charge in [-0.25, -0.2) is 0 Å². The number of hydrogen-bond acceptors (Lipinski definition) is 5. The second kappa shape index (κ2) is 4.66. The lowest BCUT2D eigenvalue weighted by Crippen LogP contribution is -2.45. The van der Waals surface area contributed by atoms with E-state index in [-0.39, 0.29) is 0 Å². The molecule has 0 saturated carbocycles. The maximum Gasteiger partial charge on any atom is 0.184 e. The molecule has 2 aliphatic rings. The van der Waals surface area contributed by atoms with E-state index in [2.05, 4.69) is 17.0 Å². The van der Waals surface area contributed by atoms with Crippen LogP contribution < -0.4 is 14.4 Å². The average Bonchev–Trinajstić information content (AvgIpc) is 2.41. The highest BCUT2D eigenvalue weighted by Gasteiger charge is 2.24. The number of benzene rings is 1. The SMILES string of the molecule is Cc1ccc(N2CCN(O)CC2)c2c1OCCO2. The predicted octanol–water partition coefficient (Wildman–Crippen LogP) is 1.28. The van der Waals surface area contributed by atoms with Gasteiger partial charge in [-0.05, 0) is 18.6 Å². The van der Waals surface area contributed by atoms with Gasteiger partial charge in [0.2, 0.25) is 0 Å². The van der Waals surface area contributed by atoms with Gasteiger partial charge in [0.1, 0.15) is 13.2 Å². The van der Waals surface area contributed by atoms with Crippen molar-refractivity contribution in [1.29, 1.82) is 0 Å². The highest BCUT2D eigenvalue weighted by Crippen LogP contribution is 2.42. The summed E-state index contributed by atoms with van der Waals surface area (Å²) in [6.07, 6.45) is 0. The number of hydrogen-bond donors (Lipinski definition) is 1. The Balaban J connectivity index is 1.92. The molecular weight excluding hydrogens is 232 g/mol. The third-order valence-corrected chi connectivity index (χ3v) is 3.46. The zero-order valence-electron chi connectivity index (χ0n) is 10.6. The third-order valence-electron chi connectivity index (χ3n) is 3.46. The molecule has 2 aliphatic heterocycles. The summed E-state index contributed by atoms with van der Waals surface area (Å²) in [6.45, 7) is 6.16. The standard InChI is InChI=1S/C13H18N2O3/c1-10-2-3-11(13-12(10)17-8-9-18-13)14-4-6-15(16)7-5-14/h2-3,16H,4-9H2,1H3. The zero-order valence-corrected chi connectivity index (χ0v) is 10.6. The Labute approximate surface area is 106 Å². The molecule has 0 bridgehead atoms. The van der Waals surface area contributed by atoms with E-state index >= 15 is 0 Å². The molecule has 2 heterocycles. The second-order valence-corrected chi connectivity index (χ2v) is 4.70. The molecule has 0 atom stereocenters. The van der Waals surface area contributed by atoms with Gasteiger partial charge in [0.05, 0.1) is 5.69 Å². The van der Waals surface area contributed by atoms with Crippen LogP contribution in [0.5, 0.6) is 11.5 Å². The topological polar surface area (TPSA) is 45.2 Å². The van der Waals surface area contributed by atoms with Gasteiger partial charge in [-0.2, -0.15) is 5.06 Å². The highest BCUT2D eigenvalue weighted by atomic mass is 16.6. The molecule has 0 radical (unpaired) electrons. The summed E-state index contributed by atoms with van der Waals surface area (Å²) in [5.74, 6) is 1.72. The second-order valence-electron chi connectivity index (χ2n) is 4.70. The van der Waals surface area contributed by atoms with Crippen molar-refractivity contribution in [3.05, 3.63) is 17.7 Å². The molecule has 5 heteroatoms. The van der Waals surface area contributed by atoms with Crippen molar-refractivity contribution in [3.63, 3.8) is 0 Å². The minimum Gasteiger partial charge on any atom is -0.486 e. The summed E-state index contributed by atoms with van der Waals surface area (Å²) in [4.78, 5) is 2.24. The van der Waals surface area contributed by atoms with E-state index in [4.69, 9.17) is 9.47 Å². The Morgan fingerprint density at radius 1 is 1.00 bits per heavy atom. The van der Waals surface area contributed by atoms with Crippen LogP contribution >= 0.6 is 0 Å². The lowest BCUT2D eigenvalue weighted by molar-refractivity contribution is -0.0936. The predicted molar refractivity (Wildman–Crippen MR) is 67.7 cm³/mol. The Hall–Kier alpha value is -1.46. The number of nitrogens with zero attached hydrogens (tertiary/aromatic N) is 2. The summed E-state index contributed by atoms with van der Waals surface area (Å²) in [5, 5.41) is 10.8. The van der Waals surface area contributed by atoms with Gasteiger partial charge in [0.25, 0.3) is 0 Å². The largest absolute Gasteiger partial charge is 0.486 e. The first-order valence-corrected chi connectivity index (χ1v) is 6.33. The quantitative estimate of drug-likeness (QED) is 0.813. The summed E-state index contributed by atoms with van der Waals surface area (Å²) < 4.78 is 11.5. The average molecular weight is 250 g/mol. The van der Waals surface area contributed by atoms with E-state index in [1.165, 1.54) is 5.06 Å². The summed E-state index contributed by atoms with van der Waals surface area (Å²) in [5.41, 5.74) is 2.18. The normalized spacial score (nSPS) is 20.0. The van der Waals surface area contributed by atoms with E-state index in [1.54, 1.807) is 0 Å². The van der Waals surface area contributed by atoms with Crippen molar-refractivity contribution >= 4 is 5.69 Å². The molecule has 98 valence electrons. The van der Waals surface area contributed by atoms with Crippen molar-refractivity contribution in [1.82, 2.24) is 5.06 Å². The summed E-state index contributed by atoms with van der Waals surface area (Å²) in [6, 6.07) is 4.14. The van der Waals surface area contributed by atoms with Crippen molar-refractivity contribution < 1.29 is 14.7 Å². The molecule has 3 rings (SSSR count). The molecule has 1 aromatic rings. The molecule has 5 nitrogen and oxygen atoms in total. The third kappa shape index (κ3) is 2.00. The Bertz CT molecular complexity index is 442. The van der Waals surface area contributed by atoms with Gasteiger partial charge in [0, 0.05) is 26.2 Å². The van der Waals surface area contributed by atoms with Crippen LogP contribution in [-0.4, -0.2) is 49.7 Å². The van der Waals surface area contributed by atoms with E-state index in [1.807, 2.05) is 6.92 Å². The van der Waals surface area contributed by atoms with Crippen LogP contribution in [0.25, 0.3) is 0 Å². The van der Waals surface area contributed by atoms with Crippen molar-refractivity contribution in [2.24, 2.45) is 0 Å². The molecule has 1 aromatic carbocycles. The van der Waals surface area contributed by atoms with Gasteiger partial charge in [-0.15, -0.1) is 0 Å². The fraction of sp³-hybridized carbons (Fsp3) is 0.538. The van der Waals surface area contributed by atoms with Crippen molar-refractivity contribution in [2.45, 2.75) is 6.92 Å². The molecule has 0 unspecified atom stereocenters. The number of piperazine rings is 1. The van der Waals surface area contributed by atoms with E-state index in [0.29, 0.717) is 26.3 Å². The minimum atomic E-state index is 0.601. The molecule has 1 fully saturated rings. The number of anilines is 1. The number of fused-ring (bicyclic) bond motifs is 1. The molecule has 0 spiro atoms. The van der Waals surface area contributed by atoms with Crippen LogP contribution in [0.2, 0.25) is 0 Å². The van der Waals surface area contributed by atoms with E-state index in [0.717, 1.165) is 35.8 Å². The zero-order chi connectivity index (χ0) is 12.5. The molecule has 18 heavy (non-hydrogen) atoms. The maximum atomic E-state index is 9.41. The molecule has 0 aliphatic carbocycles. The van der Waals surface area contributed by atoms with Crippen molar-refractivity contribution in [3.8, 4) is 11.5 Å². The van der Waals surface area contributed by atoms with Crippen LogP contribution in [0, 0.1) is 6.92 Å². The van der Waals surface area contributed by atoms with Crippen LogP contribution in [0.3, 0.4) is 0 Å². The summed E-state index contributed by atoms with van der Waals surface area (Å²) in [7, 11) is 0. The smallest absolute Gasteiger partial charge is 0.184 e. The highest BCUT2D eigenvalue weighted by molar-refractivity contribution is 5.67. The number of aryl methyl sites for hydroxylation is 1. The maximum absolute atomic E-state index is 9.41. The van der Waals surface area contributed by atoms with Crippen LogP contribution in [-0.2, 0) is 0 Å². The molecule has 0 aromatic heterocycles. The molecule has 0 amide bonds. The van der Waals surface area contributed by atoms with Crippen LogP contribution in [0.4, 0.5) is 5.69 Å². The van der Waals surface area contributed by atoms with Crippen LogP contribution in [0.1, 0.15) is 5.56 Å². The van der Waals surface area contributed by atoms with Gasteiger partial charge >= 0.3 is 0 Å². The minimum absolute atomic E-state index is 0.601. The Morgan fingerprint density at radius 2 is 1.67 bits per heavy atom. The van der Waals surface area contributed by atoms with Crippen molar-refractivity contribution in [2.75, 3.05) is 44.3 Å². The fourth-order valence-electron chi connectivity index (χ4n) is 2.44. The van der Waals surface area contributed by atoms with Crippen LogP contribution in [0.15, 0.2) is 12.1 Å². The van der Waals surface area contributed by atoms with Gasteiger partial charge in [-0.1, -0.05) is 6.07 Å². The molecule has 1 saturated heterocycles. The van der Waals surface area contributed by atoms with Gasteiger partial charge in [-0.3, -0.25) is 0 Å². The molecule has 1 N–H and O–H groups in total.